The van der Waals surface area contributed by atoms with E-state index in [2.05, 4.69) is 5.32 Å². The van der Waals surface area contributed by atoms with E-state index in [-0.39, 0.29) is 37.0 Å². The van der Waals surface area contributed by atoms with Gasteiger partial charge in [0, 0.05) is 25.9 Å². The van der Waals surface area contributed by atoms with Gasteiger partial charge in [0.05, 0.1) is 4.91 Å². The van der Waals surface area contributed by atoms with E-state index in [4.69, 9.17) is 17.3 Å². The number of rotatable bonds is 10. The van der Waals surface area contributed by atoms with Gasteiger partial charge in [0.25, 0.3) is 5.91 Å². The second-order valence-corrected chi connectivity index (χ2v) is 7.87. The van der Waals surface area contributed by atoms with E-state index in [1.807, 2.05) is 0 Å². The lowest BCUT2D eigenvalue weighted by atomic mass is 10.2. The lowest BCUT2D eigenvalue weighted by molar-refractivity contribution is -0.137. The van der Waals surface area contributed by atoms with Gasteiger partial charge in [-0.05, 0) is 36.6 Å². The van der Waals surface area contributed by atoms with Crippen LogP contribution in [0, 0.1) is 5.82 Å². The molecular formula is C19H21FN2O4S2. The van der Waals surface area contributed by atoms with Gasteiger partial charge in [-0.3, -0.25) is 19.3 Å². The highest BCUT2D eigenvalue weighted by atomic mass is 32.2. The lowest BCUT2D eigenvalue weighted by Crippen LogP contribution is -2.33. The molecule has 1 fully saturated rings. The summed E-state index contributed by atoms with van der Waals surface area (Å²) >= 11 is 6.38. The van der Waals surface area contributed by atoms with E-state index in [0.29, 0.717) is 34.2 Å². The Morgan fingerprint density at radius 2 is 1.89 bits per heavy atom. The normalized spacial score (nSPS) is 15.3. The predicted molar refractivity (Wildman–Crippen MR) is 110 cm³/mol. The van der Waals surface area contributed by atoms with Crippen molar-refractivity contribution in [2.24, 2.45) is 0 Å². The zero-order valence-electron chi connectivity index (χ0n) is 15.2. The van der Waals surface area contributed by atoms with Crippen molar-refractivity contribution in [1.29, 1.82) is 0 Å². The first kappa shape index (κ1) is 22.0. The first-order valence-corrected chi connectivity index (χ1v) is 10.1. The third-order valence-corrected chi connectivity index (χ3v) is 5.37. The molecule has 2 amide bonds. The lowest BCUT2D eigenvalue weighted by Gasteiger charge is -2.14. The monoisotopic (exact) mass is 424 g/mol. The van der Waals surface area contributed by atoms with Gasteiger partial charge < -0.3 is 10.4 Å². The number of thiocarbonyl (C=S) groups is 1. The maximum atomic E-state index is 13.0. The molecule has 1 aliphatic rings. The number of thioether (sulfide) groups is 1. The smallest absolute Gasteiger partial charge is 0.303 e. The molecule has 6 nitrogen and oxygen atoms in total. The summed E-state index contributed by atoms with van der Waals surface area (Å²) in [7, 11) is 0. The molecule has 0 aromatic heterocycles. The molecule has 1 saturated heterocycles. The summed E-state index contributed by atoms with van der Waals surface area (Å²) in [5, 5.41) is 11.3. The molecule has 1 heterocycles. The summed E-state index contributed by atoms with van der Waals surface area (Å²) in [6, 6.07) is 5.79. The van der Waals surface area contributed by atoms with Crippen LogP contribution in [0.4, 0.5) is 4.39 Å². The molecule has 1 aliphatic heterocycles. The van der Waals surface area contributed by atoms with Crippen molar-refractivity contribution in [1.82, 2.24) is 10.2 Å². The highest BCUT2D eigenvalue weighted by Crippen LogP contribution is 2.32. The van der Waals surface area contributed by atoms with E-state index < -0.39 is 5.97 Å². The number of hydrogen-bond acceptors (Lipinski definition) is 5. The first-order valence-electron chi connectivity index (χ1n) is 8.86. The Kier molecular flexibility index (Phi) is 8.59. The summed E-state index contributed by atoms with van der Waals surface area (Å²) in [4.78, 5) is 36.6. The number of carboxylic acids is 1. The van der Waals surface area contributed by atoms with E-state index in [1.165, 1.54) is 17.0 Å². The van der Waals surface area contributed by atoms with Gasteiger partial charge in [0.2, 0.25) is 5.91 Å². The Morgan fingerprint density at radius 3 is 2.57 bits per heavy atom. The Balaban J connectivity index is 1.75. The number of aliphatic carboxylic acids is 1. The van der Waals surface area contributed by atoms with Crippen LogP contribution in [0.3, 0.4) is 0 Å². The fourth-order valence-electron chi connectivity index (χ4n) is 2.51. The fraction of sp³-hybridized carbons (Fsp3) is 0.368. The quantitative estimate of drug-likeness (QED) is 0.341. The van der Waals surface area contributed by atoms with E-state index in [0.717, 1.165) is 18.2 Å². The molecule has 2 rings (SSSR count). The number of halogens is 1. The summed E-state index contributed by atoms with van der Waals surface area (Å²) in [5.74, 6) is -1.62. The molecule has 0 atom stereocenters. The molecule has 0 aliphatic carbocycles. The van der Waals surface area contributed by atoms with Crippen molar-refractivity contribution in [2.45, 2.75) is 32.1 Å². The van der Waals surface area contributed by atoms with Gasteiger partial charge >= 0.3 is 5.97 Å². The van der Waals surface area contributed by atoms with Gasteiger partial charge in [0.15, 0.2) is 0 Å². The number of carbonyl (C=O) groups excluding carboxylic acids is 2. The van der Waals surface area contributed by atoms with Crippen LogP contribution < -0.4 is 5.32 Å². The van der Waals surface area contributed by atoms with Gasteiger partial charge in [0.1, 0.15) is 10.1 Å². The Morgan fingerprint density at radius 1 is 1.18 bits per heavy atom. The molecule has 0 spiro atoms. The summed E-state index contributed by atoms with van der Waals surface area (Å²) in [6.45, 7) is 0.664. The predicted octanol–water partition coefficient (Wildman–Crippen LogP) is 3.18. The number of hydrogen-bond donors (Lipinski definition) is 2. The van der Waals surface area contributed by atoms with E-state index in [1.54, 1.807) is 18.2 Å². The standard InChI is InChI=1S/C19H21FN2O4S2/c20-14-7-5-13(6-8-14)12-15-18(26)22(19(27)28-15)11-9-16(23)21-10-3-1-2-4-17(24)25/h5-8,12H,1-4,9-11H2,(H,21,23)(H,24,25)/b15-12-. The maximum Gasteiger partial charge on any atom is 0.303 e. The van der Waals surface area contributed by atoms with E-state index >= 15 is 0 Å². The highest BCUT2D eigenvalue weighted by molar-refractivity contribution is 8.26. The third kappa shape index (κ3) is 7.05. The Hall–Kier alpha value is -2.26. The van der Waals surface area contributed by atoms with Gasteiger partial charge in [-0.15, -0.1) is 0 Å². The van der Waals surface area contributed by atoms with Crippen LogP contribution in [0.2, 0.25) is 0 Å². The zero-order chi connectivity index (χ0) is 20.5. The molecule has 2 N–H and O–H groups in total. The van der Waals surface area contributed by atoms with Crippen LogP contribution in [-0.4, -0.2) is 45.2 Å². The number of nitrogens with one attached hydrogen (secondary N) is 1. The Labute approximate surface area is 172 Å². The second-order valence-electron chi connectivity index (χ2n) is 6.19. The van der Waals surface area contributed by atoms with Crippen LogP contribution in [0.1, 0.15) is 37.7 Å². The minimum Gasteiger partial charge on any atom is -0.481 e. The third-order valence-electron chi connectivity index (χ3n) is 3.99. The minimum atomic E-state index is -0.819. The molecule has 0 bridgehead atoms. The van der Waals surface area contributed by atoms with Crippen molar-refractivity contribution in [3.8, 4) is 0 Å². The summed E-state index contributed by atoms with van der Waals surface area (Å²) in [5.41, 5.74) is 0.697. The topological polar surface area (TPSA) is 86.7 Å². The molecule has 9 heteroatoms. The number of amides is 2. The molecule has 150 valence electrons. The highest BCUT2D eigenvalue weighted by Gasteiger charge is 2.32. The van der Waals surface area contributed by atoms with E-state index in [9.17, 15) is 18.8 Å². The Bertz CT molecular complexity index is 781. The second kappa shape index (κ2) is 10.9. The zero-order valence-corrected chi connectivity index (χ0v) is 16.8. The van der Waals surface area contributed by atoms with Crippen molar-refractivity contribution < 1.29 is 23.9 Å². The average Bonchev–Trinajstić information content (AvgIpc) is 2.91. The number of benzene rings is 1. The largest absolute Gasteiger partial charge is 0.481 e. The number of unbranched alkanes of at least 4 members (excludes halogenated alkanes) is 2. The van der Waals surface area contributed by atoms with Crippen LogP contribution in [0.5, 0.6) is 0 Å². The average molecular weight is 425 g/mol. The fourth-order valence-corrected chi connectivity index (χ4v) is 3.82. The van der Waals surface area contributed by atoms with Crippen molar-refractivity contribution >= 4 is 52.2 Å². The SMILES string of the molecule is O=C(O)CCCCCNC(=O)CCN1C(=O)/C(=C/c2ccc(F)cc2)SC1=S. The van der Waals surface area contributed by atoms with Crippen LogP contribution >= 0.6 is 24.0 Å². The minimum absolute atomic E-state index is 0.130. The van der Waals surface area contributed by atoms with Gasteiger partial charge in [-0.1, -0.05) is 42.5 Å². The van der Waals surface area contributed by atoms with Gasteiger partial charge in [-0.25, -0.2) is 4.39 Å². The van der Waals surface area contributed by atoms with Crippen LogP contribution in [0.15, 0.2) is 29.2 Å². The molecule has 0 radical (unpaired) electrons. The first-order chi connectivity index (χ1) is 13.4. The number of carbonyl (C=O) groups is 3. The van der Waals surface area contributed by atoms with Crippen molar-refractivity contribution in [3.05, 3.63) is 40.6 Å². The molecule has 1 aromatic rings. The summed E-state index contributed by atoms with van der Waals surface area (Å²) in [6.07, 6.45) is 3.94. The molecule has 0 saturated carbocycles. The van der Waals surface area contributed by atoms with Crippen LogP contribution in [0.25, 0.3) is 6.08 Å². The molecular weight excluding hydrogens is 403 g/mol. The van der Waals surface area contributed by atoms with Crippen molar-refractivity contribution in [3.63, 3.8) is 0 Å². The molecule has 0 unspecified atom stereocenters. The molecule has 1 aromatic carbocycles. The number of carboxylic acid groups (broad SMARTS) is 1. The van der Waals surface area contributed by atoms with Crippen molar-refractivity contribution in [2.75, 3.05) is 13.1 Å². The number of nitrogens with zero attached hydrogens (tertiary/aromatic N) is 1. The molecule has 28 heavy (non-hydrogen) atoms. The van der Waals surface area contributed by atoms with Crippen LogP contribution in [-0.2, 0) is 14.4 Å². The maximum absolute atomic E-state index is 13.0. The van der Waals surface area contributed by atoms with Gasteiger partial charge in [-0.2, -0.15) is 0 Å². The summed E-state index contributed by atoms with van der Waals surface area (Å²) < 4.78 is 13.4.